The van der Waals surface area contributed by atoms with Gasteiger partial charge in [-0.1, -0.05) is 48.4 Å². The highest BCUT2D eigenvalue weighted by Crippen LogP contribution is 2.35. The summed E-state index contributed by atoms with van der Waals surface area (Å²) in [6, 6.07) is 17.8. The molecule has 4 nitrogen and oxygen atoms in total. The molecule has 1 amide bonds. The normalized spacial score (nSPS) is 24.1. The third-order valence-corrected chi connectivity index (χ3v) is 6.38. The third-order valence-electron chi connectivity index (χ3n) is 6.38. The van der Waals surface area contributed by atoms with Gasteiger partial charge in [-0.25, -0.2) is 0 Å². The van der Waals surface area contributed by atoms with E-state index in [4.69, 9.17) is 4.74 Å². The van der Waals surface area contributed by atoms with Crippen LogP contribution < -0.4 is 10.1 Å². The lowest BCUT2D eigenvalue weighted by Gasteiger charge is -2.49. The second kappa shape index (κ2) is 9.00. The summed E-state index contributed by atoms with van der Waals surface area (Å²) in [6.45, 7) is 5.66. The van der Waals surface area contributed by atoms with Crippen molar-refractivity contribution in [1.29, 1.82) is 0 Å². The lowest BCUT2D eigenvalue weighted by molar-refractivity contribution is 0.0176. The van der Waals surface area contributed by atoms with Crippen molar-refractivity contribution in [3.8, 4) is 5.75 Å². The molecule has 2 fully saturated rings. The maximum Gasteiger partial charge on any atom is 0.255 e. The van der Waals surface area contributed by atoms with E-state index in [1.54, 1.807) is 0 Å². The molecule has 2 aliphatic heterocycles. The number of ether oxygens (including phenoxy) is 1. The third kappa shape index (κ3) is 4.64. The molecule has 0 aliphatic carbocycles. The van der Waals surface area contributed by atoms with Gasteiger partial charge in [0.25, 0.3) is 5.91 Å². The standard InChI is InChI=1S/C25H32N2O2/c1-3-29-24-10-5-4-9-23(24)25(28)26-20-15-21-7-6-8-22(16-20)27(21)17-19-13-11-18(2)12-14-19/h4-5,9-14,20-22H,3,6-8,15-17H2,1-2H3,(H,26,28)/t20?,21-,22+. The van der Waals surface area contributed by atoms with Gasteiger partial charge < -0.3 is 10.1 Å². The number of hydrogen-bond acceptors (Lipinski definition) is 3. The van der Waals surface area contributed by atoms with Gasteiger partial charge in [-0.2, -0.15) is 0 Å². The van der Waals surface area contributed by atoms with E-state index in [1.165, 1.54) is 30.4 Å². The number of carbonyl (C=O) groups excluding carboxylic acids is 1. The zero-order valence-electron chi connectivity index (χ0n) is 17.6. The molecule has 0 spiro atoms. The zero-order chi connectivity index (χ0) is 20.2. The van der Waals surface area contributed by atoms with Crippen molar-refractivity contribution in [3.05, 3.63) is 65.2 Å². The van der Waals surface area contributed by atoms with Crippen molar-refractivity contribution in [2.24, 2.45) is 0 Å². The summed E-state index contributed by atoms with van der Waals surface area (Å²) in [6.07, 6.45) is 5.82. The van der Waals surface area contributed by atoms with Gasteiger partial charge in [-0.15, -0.1) is 0 Å². The Labute approximate surface area is 174 Å². The van der Waals surface area contributed by atoms with Gasteiger partial charge >= 0.3 is 0 Å². The number of amides is 1. The molecule has 0 aromatic heterocycles. The molecule has 29 heavy (non-hydrogen) atoms. The van der Waals surface area contributed by atoms with Crippen LogP contribution in [0, 0.1) is 6.92 Å². The van der Waals surface area contributed by atoms with Crippen molar-refractivity contribution in [2.75, 3.05) is 6.61 Å². The summed E-state index contributed by atoms with van der Waals surface area (Å²) in [5.74, 6) is 0.661. The molecule has 2 aromatic carbocycles. The smallest absolute Gasteiger partial charge is 0.255 e. The summed E-state index contributed by atoms with van der Waals surface area (Å²) in [7, 11) is 0. The van der Waals surface area contributed by atoms with Crippen LogP contribution in [-0.2, 0) is 6.54 Å². The van der Waals surface area contributed by atoms with Crippen LogP contribution in [0.5, 0.6) is 5.75 Å². The second-order valence-corrected chi connectivity index (χ2v) is 8.47. The van der Waals surface area contributed by atoms with Crippen LogP contribution in [-0.4, -0.2) is 35.5 Å². The maximum absolute atomic E-state index is 12.9. The molecule has 3 atom stereocenters. The molecule has 0 saturated carbocycles. The van der Waals surface area contributed by atoms with Crippen LogP contribution in [0.4, 0.5) is 0 Å². The highest BCUT2D eigenvalue weighted by atomic mass is 16.5. The summed E-state index contributed by atoms with van der Waals surface area (Å²) < 4.78 is 5.64. The van der Waals surface area contributed by atoms with Crippen LogP contribution in [0.15, 0.2) is 48.5 Å². The van der Waals surface area contributed by atoms with E-state index in [-0.39, 0.29) is 11.9 Å². The van der Waals surface area contributed by atoms with Crippen LogP contribution >= 0.6 is 0 Å². The van der Waals surface area contributed by atoms with E-state index in [1.807, 2.05) is 31.2 Å². The number of benzene rings is 2. The van der Waals surface area contributed by atoms with E-state index in [9.17, 15) is 4.79 Å². The first kappa shape index (κ1) is 20.0. The fourth-order valence-corrected chi connectivity index (χ4v) is 4.96. The number of para-hydroxylation sites is 1. The molecule has 4 rings (SSSR count). The van der Waals surface area contributed by atoms with E-state index in [0.29, 0.717) is 30.0 Å². The predicted octanol–water partition coefficient (Wildman–Crippen LogP) is 4.71. The first-order valence-corrected chi connectivity index (χ1v) is 11.0. The quantitative estimate of drug-likeness (QED) is 0.774. The van der Waals surface area contributed by atoms with Crippen molar-refractivity contribution in [1.82, 2.24) is 10.2 Å². The van der Waals surface area contributed by atoms with E-state index in [2.05, 4.69) is 41.4 Å². The molecule has 1 unspecified atom stereocenters. The molecule has 154 valence electrons. The van der Waals surface area contributed by atoms with Gasteiger partial charge in [0.05, 0.1) is 12.2 Å². The molecule has 2 aliphatic rings. The Bertz CT molecular complexity index is 819. The molecule has 2 bridgehead atoms. The Balaban J connectivity index is 1.42. The van der Waals surface area contributed by atoms with E-state index < -0.39 is 0 Å². The van der Waals surface area contributed by atoms with E-state index >= 15 is 0 Å². The van der Waals surface area contributed by atoms with Crippen LogP contribution in [0.25, 0.3) is 0 Å². The number of rotatable bonds is 6. The highest BCUT2D eigenvalue weighted by Gasteiger charge is 2.38. The van der Waals surface area contributed by atoms with Gasteiger partial charge in [0.1, 0.15) is 5.75 Å². The van der Waals surface area contributed by atoms with E-state index in [0.717, 1.165) is 19.4 Å². The fourth-order valence-electron chi connectivity index (χ4n) is 4.96. The summed E-state index contributed by atoms with van der Waals surface area (Å²) >= 11 is 0. The lowest BCUT2D eigenvalue weighted by atomic mass is 9.81. The Kier molecular flexibility index (Phi) is 6.19. The van der Waals surface area contributed by atoms with Crippen molar-refractivity contribution >= 4 is 5.91 Å². The number of fused-ring (bicyclic) bond motifs is 2. The average Bonchev–Trinajstić information content (AvgIpc) is 2.71. The second-order valence-electron chi connectivity index (χ2n) is 8.47. The van der Waals surface area contributed by atoms with Crippen LogP contribution in [0.2, 0.25) is 0 Å². The minimum absolute atomic E-state index is 0.0101. The summed E-state index contributed by atoms with van der Waals surface area (Å²) in [5.41, 5.74) is 3.34. The van der Waals surface area contributed by atoms with Gasteiger partial charge in [-0.3, -0.25) is 9.69 Å². The number of aryl methyl sites for hydroxylation is 1. The number of nitrogens with one attached hydrogen (secondary N) is 1. The Hall–Kier alpha value is -2.33. The largest absolute Gasteiger partial charge is 0.493 e. The average molecular weight is 393 g/mol. The van der Waals surface area contributed by atoms with Crippen LogP contribution in [0.1, 0.15) is 60.5 Å². The Morgan fingerprint density at radius 1 is 1.07 bits per heavy atom. The molecule has 2 saturated heterocycles. The number of carbonyl (C=O) groups is 1. The maximum atomic E-state index is 12.9. The monoisotopic (exact) mass is 392 g/mol. The summed E-state index contributed by atoms with van der Waals surface area (Å²) in [4.78, 5) is 15.6. The first-order valence-electron chi connectivity index (χ1n) is 11.0. The molecular formula is C25H32N2O2. The van der Waals surface area contributed by atoms with Crippen molar-refractivity contribution in [3.63, 3.8) is 0 Å². The lowest BCUT2D eigenvalue weighted by Crippen LogP contribution is -2.56. The Morgan fingerprint density at radius 3 is 2.45 bits per heavy atom. The Morgan fingerprint density at radius 2 is 1.76 bits per heavy atom. The van der Waals surface area contributed by atoms with Crippen LogP contribution in [0.3, 0.4) is 0 Å². The zero-order valence-corrected chi connectivity index (χ0v) is 17.6. The molecule has 4 heteroatoms. The van der Waals surface area contributed by atoms with Gasteiger partial charge in [0, 0.05) is 24.7 Å². The summed E-state index contributed by atoms with van der Waals surface area (Å²) in [5, 5.41) is 3.31. The molecule has 1 N–H and O–H groups in total. The topological polar surface area (TPSA) is 41.6 Å². The highest BCUT2D eigenvalue weighted by molar-refractivity contribution is 5.97. The van der Waals surface area contributed by atoms with Gasteiger partial charge in [0.15, 0.2) is 0 Å². The molecular weight excluding hydrogens is 360 g/mol. The fraction of sp³-hybridized carbons (Fsp3) is 0.480. The number of hydrogen-bond donors (Lipinski definition) is 1. The number of nitrogens with zero attached hydrogens (tertiary/aromatic N) is 1. The van der Waals surface area contributed by atoms with Crippen molar-refractivity contribution < 1.29 is 9.53 Å². The van der Waals surface area contributed by atoms with Gasteiger partial charge in [-0.05, 0) is 57.2 Å². The first-order chi connectivity index (χ1) is 14.1. The molecule has 2 heterocycles. The van der Waals surface area contributed by atoms with Gasteiger partial charge in [0.2, 0.25) is 0 Å². The minimum Gasteiger partial charge on any atom is -0.493 e. The molecule has 0 radical (unpaired) electrons. The van der Waals surface area contributed by atoms with Crippen molar-refractivity contribution in [2.45, 2.75) is 70.6 Å². The SMILES string of the molecule is CCOc1ccccc1C(=O)NC1C[C@H]2CCC[C@@H](C1)N2Cc1ccc(C)cc1. The molecule has 2 aromatic rings. The predicted molar refractivity (Wildman–Crippen MR) is 116 cm³/mol. The minimum atomic E-state index is -0.0101. The number of piperidine rings is 2.